The molecule has 3 rings (SSSR count). The zero-order valence-electron chi connectivity index (χ0n) is 22.4. The van der Waals surface area contributed by atoms with Gasteiger partial charge >= 0.3 is 5.97 Å². The van der Waals surface area contributed by atoms with E-state index in [-0.39, 0.29) is 24.0 Å². The molecule has 0 radical (unpaired) electrons. The Balaban J connectivity index is 1.81. The summed E-state index contributed by atoms with van der Waals surface area (Å²) in [7, 11) is 0. The van der Waals surface area contributed by atoms with Crippen LogP contribution >= 0.6 is 0 Å². The van der Waals surface area contributed by atoms with Gasteiger partial charge in [0.25, 0.3) is 5.56 Å². The van der Waals surface area contributed by atoms with E-state index < -0.39 is 18.1 Å². The number of unbranched alkanes of at least 4 members (excludes halogenated alkanes) is 1. The number of aliphatic carboxylic acids is 1. The number of hydrogen-bond donors (Lipinski definition) is 2. The van der Waals surface area contributed by atoms with Gasteiger partial charge in [-0.3, -0.25) is 14.4 Å². The Morgan fingerprint density at radius 3 is 2.37 bits per heavy atom. The fourth-order valence-electron chi connectivity index (χ4n) is 4.44. The van der Waals surface area contributed by atoms with Crippen molar-refractivity contribution in [3.8, 4) is 5.75 Å². The van der Waals surface area contributed by atoms with Gasteiger partial charge in [-0.25, -0.2) is 0 Å². The molecule has 1 aromatic heterocycles. The van der Waals surface area contributed by atoms with E-state index in [2.05, 4.69) is 17.4 Å². The maximum atomic E-state index is 13.5. The van der Waals surface area contributed by atoms with Gasteiger partial charge in [0.05, 0.1) is 18.6 Å². The summed E-state index contributed by atoms with van der Waals surface area (Å²) in [4.78, 5) is 38.3. The third kappa shape index (κ3) is 8.61. The topological polar surface area (TPSA) is 97.6 Å². The Bertz CT molecular complexity index is 1250. The fourth-order valence-corrected chi connectivity index (χ4v) is 4.44. The molecule has 7 heteroatoms. The van der Waals surface area contributed by atoms with Crippen LogP contribution in [0.2, 0.25) is 0 Å². The van der Waals surface area contributed by atoms with Crippen LogP contribution in [0.4, 0.5) is 0 Å². The molecule has 0 bridgehead atoms. The van der Waals surface area contributed by atoms with Crippen LogP contribution in [0.3, 0.4) is 0 Å². The number of carboxylic acid groups (broad SMARTS) is 1. The van der Waals surface area contributed by atoms with Gasteiger partial charge in [-0.1, -0.05) is 62.2 Å². The van der Waals surface area contributed by atoms with E-state index in [1.54, 1.807) is 36.5 Å². The van der Waals surface area contributed by atoms with Crippen molar-refractivity contribution < 1.29 is 19.4 Å². The van der Waals surface area contributed by atoms with E-state index in [4.69, 9.17) is 4.74 Å². The van der Waals surface area contributed by atoms with Gasteiger partial charge in [-0.05, 0) is 68.0 Å². The lowest BCUT2D eigenvalue weighted by Gasteiger charge is -2.24. The average Bonchev–Trinajstić information content (AvgIpc) is 2.88. The highest BCUT2D eigenvalue weighted by Crippen LogP contribution is 2.24. The van der Waals surface area contributed by atoms with Crippen molar-refractivity contribution in [2.75, 3.05) is 0 Å². The number of carbonyl (C=O) groups is 2. The number of aryl methyl sites for hydroxylation is 2. The number of nitrogens with zero attached hydrogens (tertiary/aromatic N) is 1. The van der Waals surface area contributed by atoms with Crippen LogP contribution in [0.15, 0.2) is 77.7 Å². The molecule has 0 aliphatic carbocycles. The number of aromatic nitrogens is 1. The van der Waals surface area contributed by atoms with Crippen LogP contribution in [0.1, 0.15) is 75.2 Å². The molecular formula is C31H38N2O5. The molecule has 0 spiro atoms. The molecule has 2 N–H and O–H groups in total. The molecule has 0 aliphatic heterocycles. The molecule has 2 aromatic carbocycles. The molecule has 1 heterocycles. The van der Waals surface area contributed by atoms with Crippen molar-refractivity contribution in [1.82, 2.24) is 9.88 Å². The van der Waals surface area contributed by atoms with E-state index in [9.17, 15) is 19.5 Å². The van der Waals surface area contributed by atoms with Crippen LogP contribution in [0.5, 0.6) is 5.75 Å². The molecule has 0 fully saturated rings. The molecule has 7 nitrogen and oxygen atoms in total. The Kier molecular flexibility index (Phi) is 10.7. The summed E-state index contributed by atoms with van der Waals surface area (Å²) < 4.78 is 7.22. The third-order valence-corrected chi connectivity index (χ3v) is 6.35. The summed E-state index contributed by atoms with van der Waals surface area (Å²) in [6.07, 6.45) is 4.99. The normalized spacial score (nSPS) is 12.6. The Morgan fingerprint density at radius 2 is 1.71 bits per heavy atom. The SMILES string of the molecule is CCCCC(C(=O)N[C@@H](CC(=O)O)c1cccc(OC(C)C)c1)n1ccc(CCc2ccccc2)cc1=O. The van der Waals surface area contributed by atoms with Gasteiger partial charge in [-0.15, -0.1) is 0 Å². The van der Waals surface area contributed by atoms with E-state index in [0.29, 0.717) is 17.7 Å². The first-order valence-electron chi connectivity index (χ1n) is 13.3. The molecular weight excluding hydrogens is 480 g/mol. The van der Waals surface area contributed by atoms with Gasteiger partial charge in [0.15, 0.2) is 0 Å². The number of carbonyl (C=O) groups excluding carboxylic acids is 1. The number of carboxylic acids is 1. The third-order valence-electron chi connectivity index (χ3n) is 6.35. The maximum Gasteiger partial charge on any atom is 0.305 e. The standard InChI is InChI=1S/C31H38N2O5/c1-4-5-14-28(33-18-17-24(19-29(33)34)16-15-23-10-7-6-8-11-23)31(37)32-27(21-30(35)36)25-12-9-13-26(20-25)38-22(2)3/h6-13,17-20,22,27-28H,4-5,14-16,21H2,1-3H3,(H,32,37)(H,35,36)/t27-,28?/m0/s1. The minimum Gasteiger partial charge on any atom is -0.491 e. The molecule has 0 saturated carbocycles. The predicted octanol–water partition coefficient (Wildman–Crippen LogP) is 5.48. The minimum absolute atomic E-state index is 0.0428. The highest BCUT2D eigenvalue weighted by molar-refractivity contribution is 5.81. The number of benzene rings is 2. The van der Waals surface area contributed by atoms with Crippen LogP contribution < -0.4 is 15.6 Å². The Morgan fingerprint density at radius 1 is 0.974 bits per heavy atom. The minimum atomic E-state index is -1.03. The summed E-state index contributed by atoms with van der Waals surface area (Å²) in [6, 6.07) is 19.2. The first kappa shape index (κ1) is 28.7. The molecule has 0 aliphatic rings. The van der Waals surface area contributed by atoms with Crippen LogP contribution in [0, 0.1) is 0 Å². The molecule has 1 unspecified atom stereocenters. The molecule has 1 amide bonds. The monoisotopic (exact) mass is 518 g/mol. The van der Waals surface area contributed by atoms with Crippen molar-refractivity contribution in [1.29, 1.82) is 0 Å². The van der Waals surface area contributed by atoms with E-state index in [0.717, 1.165) is 31.2 Å². The molecule has 202 valence electrons. The van der Waals surface area contributed by atoms with Crippen molar-refractivity contribution in [2.24, 2.45) is 0 Å². The lowest BCUT2D eigenvalue weighted by Crippen LogP contribution is -2.39. The van der Waals surface area contributed by atoms with Crippen LogP contribution in [-0.2, 0) is 22.4 Å². The van der Waals surface area contributed by atoms with Crippen molar-refractivity contribution in [3.63, 3.8) is 0 Å². The highest BCUT2D eigenvalue weighted by Gasteiger charge is 2.26. The zero-order valence-corrected chi connectivity index (χ0v) is 22.4. The number of nitrogens with one attached hydrogen (secondary N) is 1. The Labute approximate surface area is 224 Å². The summed E-state index contributed by atoms with van der Waals surface area (Å²) in [5.74, 6) is -0.804. The largest absolute Gasteiger partial charge is 0.491 e. The smallest absolute Gasteiger partial charge is 0.305 e. The lowest BCUT2D eigenvalue weighted by atomic mass is 10.0. The molecule has 38 heavy (non-hydrogen) atoms. The second-order valence-electron chi connectivity index (χ2n) is 9.82. The first-order chi connectivity index (χ1) is 18.3. The Hall–Kier alpha value is -3.87. The molecule has 0 saturated heterocycles. The van der Waals surface area contributed by atoms with Crippen LogP contribution in [0.25, 0.3) is 0 Å². The van der Waals surface area contributed by atoms with Gasteiger partial charge in [0, 0.05) is 12.3 Å². The summed E-state index contributed by atoms with van der Waals surface area (Å²) in [5, 5.41) is 12.4. The van der Waals surface area contributed by atoms with Gasteiger partial charge in [-0.2, -0.15) is 0 Å². The number of rotatable bonds is 14. The number of amides is 1. The quantitative estimate of drug-likeness (QED) is 0.294. The number of hydrogen-bond acceptors (Lipinski definition) is 4. The molecule has 3 aromatic rings. The maximum absolute atomic E-state index is 13.5. The van der Waals surface area contributed by atoms with E-state index in [1.807, 2.05) is 45.0 Å². The van der Waals surface area contributed by atoms with Crippen molar-refractivity contribution in [2.45, 2.75) is 77.5 Å². The predicted molar refractivity (Wildman–Crippen MR) is 148 cm³/mol. The average molecular weight is 519 g/mol. The first-order valence-corrected chi connectivity index (χ1v) is 13.3. The van der Waals surface area contributed by atoms with Gasteiger partial charge < -0.3 is 19.7 Å². The van der Waals surface area contributed by atoms with Gasteiger partial charge in [0.1, 0.15) is 11.8 Å². The van der Waals surface area contributed by atoms with Crippen molar-refractivity contribution >= 4 is 11.9 Å². The van der Waals surface area contributed by atoms with Crippen molar-refractivity contribution in [3.05, 3.63) is 100.0 Å². The van der Waals surface area contributed by atoms with E-state index in [1.165, 1.54) is 10.1 Å². The zero-order chi connectivity index (χ0) is 27.5. The highest BCUT2D eigenvalue weighted by atomic mass is 16.5. The summed E-state index contributed by atoms with van der Waals surface area (Å²) >= 11 is 0. The fraction of sp³-hybridized carbons (Fsp3) is 0.387. The summed E-state index contributed by atoms with van der Waals surface area (Å²) in [5.41, 5.74) is 2.50. The number of ether oxygens (including phenoxy) is 1. The van der Waals surface area contributed by atoms with Gasteiger partial charge in [0.2, 0.25) is 5.91 Å². The summed E-state index contributed by atoms with van der Waals surface area (Å²) in [6.45, 7) is 5.84. The second kappa shape index (κ2) is 14.2. The lowest BCUT2D eigenvalue weighted by molar-refractivity contribution is -0.138. The van der Waals surface area contributed by atoms with E-state index >= 15 is 0 Å². The molecule has 2 atom stereocenters. The van der Waals surface area contributed by atoms with Crippen LogP contribution in [-0.4, -0.2) is 27.7 Å². The number of pyridine rings is 1. The second-order valence-corrected chi connectivity index (χ2v) is 9.82.